The molecule has 0 bridgehead atoms. The van der Waals surface area contributed by atoms with Gasteiger partial charge in [0.15, 0.2) is 0 Å². The number of ether oxygens (including phenoxy) is 2. The molecule has 0 spiro atoms. The zero-order valence-electron chi connectivity index (χ0n) is 8.50. The summed E-state index contributed by atoms with van der Waals surface area (Å²) < 4.78 is 19.0. The first-order valence-corrected chi connectivity index (χ1v) is 5.79. The van der Waals surface area contributed by atoms with Gasteiger partial charge >= 0.3 is 0 Å². The fourth-order valence-electron chi connectivity index (χ4n) is 1.38. The summed E-state index contributed by atoms with van der Waals surface area (Å²) in [6.45, 7) is 1.35. The molecule has 5 heteroatoms. The summed E-state index contributed by atoms with van der Waals surface area (Å²) in [5.41, 5.74) is 1.84. The number of benzene rings is 1. The highest BCUT2D eigenvalue weighted by molar-refractivity contribution is 6.99. The monoisotopic (exact) mass is 234 g/mol. The van der Waals surface area contributed by atoms with E-state index in [1.807, 2.05) is 30.3 Å². The van der Waals surface area contributed by atoms with Crippen LogP contribution in [0.25, 0.3) is 11.3 Å². The van der Waals surface area contributed by atoms with E-state index in [2.05, 4.69) is 8.75 Å². The van der Waals surface area contributed by atoms with Gasteiger partial charge in [0.25, 0.3) is 5.88 Å². The Kier molecular flexibility index (Phi) is 2.55. The highest BCUT2D eigenvalue weighted by Crippen LogP contribution is 2.28. The van der Waals surface area contributed by atoms with Gasteiger partial charge in [-0.3, -0.25) is 0 Å². The molecule has 1 aromatic heterocycles. The van der Waals surface area contributed by atoms with E-state index in [-0.39, 0.29) is 6.10 Å². The Bertz CT molecular complexity index is 468. The molecular weight excluding hydrogens is 224 g/mol. The number of epoxide rings is 1. The van der Waals surface area contributed by atoms with Crippen molar-refractivity contribution in [1.82, 2.24) is 8.75 Å². The van der Waals surface area contributed by atoms with Crippen molar-refractivity contribution in [2.24, 2.45) is 0 Å². The molecule has 2 heterocycles. The minimum absolute atomic E-state index is 0.241. The number of hydrogen-bond acceptors (Lipinski definition) is 5. The number of nitrogens with zero attached hydrogens (tertiary/aromatic N) is 2. The van der Waals surface area contributed by atoms with Crippen LogP contribution < -0.4 is 4.74 Å². The van der Waals surface area contributed by atoms with Crippen LogP contribution >= 0.6 is 11.7 Å². The Morgan fingerprint density at radius 3 is 2.88 bits per heavy atom. The second-order valence-electron chi connectivity index (χ2n) is 3.55. The Morgan fingerprint density at radius 1 is 1.31 bits per heavy atom. The summed E-state index contributed by atoms with van der Waals surface area (Å²) in [5.74, 6) is 0.603. The lowest BCUT2D eigenvalue weighted by molar-refractivity contribution is 0.258. The fourth-order valence-corrected chi connectivity index (χ4v) is 1.90. The standard InChI is InChI=1S/C11H10N2O2S/c1-2-4-8(5-3-1)10-11(13-16-12-10)15-7-9-6-14-9/h1-5,9H,6-7H2/t9-/m0/s1. The average molecular weight is 234 g/mol. The Morgan fingerprint density at radius 2 is 2.12 bits per heavy atom. The van der Waals surface area contributed by atoms with E-state index in [1.54, 1.807) is 0 Å². The lowest BCUT2D eigenvalue weighted by Crippen LogP contribution is -2.04. The van der Waals surface area contributed by atoms with Crippen molar-refractivity contribution < 1.29 is 9.47 Å². The van der Waals surface area contributed by atoms with E-state index in [4.69, 9.17) is 9.47 Å². The maximum Gasteiger partial charge on any atom is 0.254 e. The minimum Gasteiger partial charge on any atom is -0.473 e. The second kappa shape index (κ2) is 4.19. The first-order valence-electron chi connectivity index (χ1n) is 5.06. The molecule has 0 N–H and O–H groups in total. The van der Waals surface area contributed by atoms with E-state index < -0.39 is 0 Å². The molecular formula is C11H10N2O2S. The zero-order chi connectivity index (χ0) is 10.8. The topological polar surface area (TPSA) is 47.5 Å². The van der Waals surface area contributed by atoms with E-state index in [0.717, 1.165) is 17.9 Å². The molecule has 4 nitrogen and oxygen atoms in total. The molecule has 1 aliphatic rings. The number of aromatic nitrogens is 2. The van der Waals surface area contributed by atoms with Crippen LogP contribution in [0, 0.1) is 0 Å². The molecule has 0 radical (unpaired) electrons. The van der Waals surface area contributed by atoms with Crippen LogP contribution in [0.5, 0.6) is 5.88 Å². The van der Waals surface area contributed by atoms with Crippen LogP contribution in [0.1, 0.15) is 0 Å². The molecule has 1 aliphatic heterocycles. The van der Waals surface area contributed by atoms with Crippen LogP contribution in [-0.4, -0.2) is 28.1 Å². The molecule has 3 rings (SSSR count). The molecule has 2 aromatic rings. The lowest BCUT2D eigenvalue weighted by atomic mass is 10.2. The molecule has 1 atom stereocenters. The van der Waals surface area contributed by atoms with Gasteiger partial charge in [0, 0.05) is 5.56 Å². The third-order valence-corrected chi connectivity index (χ3v) is 2.83. The Balaban J connectivity index is 1.81. The Hall–Kier alpha value is -1.46. The van der Waals surface area contributed by atoms with Crippen molar-refractivity contribution in [3.8, 4) is 17.1 Å². The van der Waals surface area contributed by atoms with Crippen LogP contribution in [0.3, 0.4) is 0 Å². The predicted molar refractivity (Wildman–Crippen MR) is 60.6 cm³/mol. The maximum atomic E-state index is 5.57. The van der Waals surface area contributed by atoms with Crippen molar-refractivity contribution in [2.45, 2.75) is 6.10 Å². The number of rotatable bonds is 4. The predicted octanol–water partition coefficient (Wildman–Crippen LogP) is 1.98. The fraction of sp³-hybridized carbons (Fsp3) is 0.273. The van der Waals surface area contributed by atoms with Crippen LogP contribution in [0.15, 0.2) is 30.3 Å². The number of hydrogen-bond donors (Lipinski definition) is 0. The van der Waals surface area contributed by atoms with Crippen molar-refractivity contribution in [3.63, 3.8) is 0 Å². The van der Waals surface area contributed by atoms with Crippen LogP contribution in [0.4, 0.5) is 0 Å². The SMILES string of the molecule is c1ccc(-c2nsnc2OC[C@@H]2CO2)cc1. The van der Waals surface area contributed by atoms with Gasteiger partial charge < -0.3 is 9.47 Å². The molecule has 0 aliphatic carbocycles. The van der Waals surface area contributed by atoms with Crippen molar-refractivity contribution in [1.29, 1.82) is 0 Å². The van der Waals surface area contributed by atoms with Gasteiger partial charge in [0.1, 0.15) is 18.4 Å². The largest absolute Gasteiger partial charge is 0.473 e. The maximum absolute atomic E-state index is 5.57. The van der Waals surface area contributed by atoms with Crippen molar-refractivity contribution in [2.75, 3.05) is 13.2 Å². The lowest BCUT2D eigenvalue weighted by Gasteiger charge is -2.02. The molecule has 1 aromatic carbocycles. The highest BCUT2D eigenvalue weighted by atomic mass is 32.1. The van der Waals surface area contributed by atoms with Crippen molar-refractivity contribution in [3.05, 3.63) is 30.3 Å². The van der Waals surface area contributed by atoms with Gasteiger partial charge in [0.05, 0.1) is 18.3 Å². The molecule has 16 heavy (non-hydrogen) atoms. The van der Waals surface area contributed by atoms with Crippen molar-refractivity contribution >= 4 is 11.7 Å². The van der Waals surface area contributed by atoms with Gasteiger partial charge in [-0.05, 0) is 0 Å². The Labute approximate surface area is 97.2 Å². The third-order valence-electron chi connectivity index (χ3n) is 2.31. The second-order valence-corrected chi connectivity index (χ2v) is 4.08. The van der Waals surface area contributed by atoms with E-state index >= 15 is 0 Å². The summed E-state index contributed by atoms with van der Waals surface area (Å²) in [6, 6.07) is 9.92. The quantitative estimate of drug-likeness (QED) is 0.759. The van der Waals surface area contributed by atoms with E-state index in [1.165, 1.54) is 11.7 Å². The smallest absolute Gasteiger partial charge is 0.254 e. The van der Waals surface area contributed by atoms with Gasteiger partial charge in [-0.1, -0.05) is 30.3 Å². The molecule has 0 saturated carbocycles. The summed E-state index contributed by atoms with van der Waals surface area (Å²) in [7, 11) is 0. The molecule has 1 saturated heterocycles. The normalized spacial score (nSPS) is 18.4. The summed E-state index contributed by atoms with van der Waals surface area (Å²) in [4.78, 5) is 0. The van der Waals surface area contributed by atoms with Crippen LogP contribution in [0.2, 0.25) is 0 Å². The van der Waals surface area contributed by atoms with Gasteiger partial charge in [-0.2, -0.15) is 4.37 Å². The average Bonchev–Trinajstić information content (AvgIpc) is 3.05. The summed E-state index contributed by atoms with van der Waals surface area (Å²) in [5, 5.41) is 0. The van der Waals surface area contributed by atoms with E-state index in [0.29, 0.717) is 12.5 Å². The first-order chi connectivity index (χ1) is 7.93. The van der Waals surface area contributed by atoms with E-state index in [9.17, 15) is 0 Å². The summed E-state index contributed by atoms with van der Waals surface area (Å²) in [6.07, 6.45) is 0.241. The van der Waals surface area contributed by atoms with Gasteiger partial charge in [-0.25, -0.2) is 0 Å². The first kappa shape index (κ1) is 9.74. The zero-order valence-corrected chi connectivity index (χ0v) is 9.31. The van der Waals surface area contributed by atoms with Crippen LogP contribution in [-0.2, 0) is 4.74 Å². The van der Waals surface area contributed by atoms with Gasteiger partial charge in [-0.15, -0.1) is 4.37 Å². The molecule has 0 unspecified atom stereocenters. The molecule has 0 amide bonds. The van der Waals surface area contributed by atoms with Gasteiger partial charge in [0.2, 0.25) is 0 Å². The summed E-state index contributed by atoms with van der Waals surface area (Å²) >= 11 is 1.17. The third kappa shape index (κ3) is 2.05. The molecule has 82 valence electrons. The highest BCUT2D eigenvalue weighted by Gasteiger charge is 2.24. The minimum atomic E-state index is 0.241. The molecule has 1 fully saturated rings.